The van der Waals surface area contributed by atoms with Crippen molar-refractivity contribution in [2.24, 2.45) is 0 Å². The first-order valence-corrected chi connectivity index (χ1v) is 11.4. The molecule has 1 aliphatic heterocycles. The number of rotatable bonds is 6. The topological polar surface area (TPSA) is 105 Å². The lowest BCUT2D eigenvalue weighted by Crippen LogP contribution is -2.55. The molecule has 1 fully saturated rings. The van der Waals surface area contributed by atoms with Crippen molar-refractivity contribution in [3.8, 4) is 0 Å². The van der Waals surface area contributed by atoms with Crippen molar-refractivity contribution in [2.45, 2.75) is 45.3 Å². The van der Waals surface area contributed by atoms with Gasteiger partial charge in [0.15, 0.2) is 0 Å². The van der Waals surface area contributed by atoms with Gasteiger partial charge in [0, 0.05) is 34.0 Å². The largest absolute Gasteiger partial charge is 0.398 e. The van der Waals surface area contributed by atoms with Crippen LogP contribution in [-0.2, 0) is 11.3 Å². The predicted octanol–water partition coefficient (Wildman–Crippen LogP) is 2.93. The minimum absolute atomic E-state index is 0.142. The summed E-state index contributed by atoms with van der Waals surface area (Å²) in [6.45, 7) is 4.55. The molecule has 8 heteroatoms. The zero-order valence-electron chi connectivity index (χ0n) is 17.7. The number of anilines is 1. The van der Waals surface area contributed by atoms with Gasteiger partial charge < -0.3 is 21.3 Å². The first kappa shape index (κ1) is 23.1. The van der Waals surface area contributed by atoms with E-state index in [1.165, 1.54) is 0 Å². The molecule has 1 unspecified atom stereocenters. The van der Waals surface area contributed by atoms with Crippen LogP contribution < -0.4 is 16.4 Å². The molecule has 2 aromatic rings. The monoisotopic (exact) mass is 534 g/mol. The molecule has 1 heterocycles. The molecule has 3 rings (SSSR count). The fourth-order valence-corrected chi connectivity index (χ4v) is 4.15. The molecule has 0 saturated carbocycles. The minimum atomic E-state index is -0.532. The average Bonchev–Trinajstić information content (AvgIpc) is 2.73. The number of piperidine rings is 1. The fraction of sp³-hybridized carbons (Fsp3) is 0.348. The highest BCUT2D eigenvalue weighted by Gasteiger charge is 2.35. The number of nitrogens with zero attached hydrogens (tertiary/aromatic N) is 1. The molecule has 164 valence electrons. The number of benzene rings is 2. The molecular formula is C23H27IN4O3. The van der Waals surface area contributed by atoms with Crippen LogP contribution in [0, 0.1) is 3.57 Å². The van der Waals surface area contributed by atoms with E-state index in [1.807, 2.05) is 26.0 Å². The van der Waals surface area contributed by atoms with Crippen molar-refractivity contribution in [1.29, 1.82) is 0 Å². The summed E-state index contributed by atoms with van der Waals surface area (Å²) in [5, 5.41) is 5.71. The highest BCUT2D eigenvalue weighted by atomic mass is 127. The van der Waals surface area contributed by atoms with E-state index in [4.69, 9.17) is 5.73 Å². The van der Waals surface area contributed by atoms with Crippen LogP contribution in [0.2, 0.25) is 0 Å². The third-order valence-electron chi connectivity index (χ3n) is 5.33. The molecule has 7 nitrogen and oxygen atoms in total. The van der Waals surface area contributed by atoms with Crippen molar-refractivity contribution < 1.29 is 14.4 Å². The molecule has 4 N–H and O–H groups in total. The Morgan fingerprint density at radius 1 is 1.23 bits per heavy atom. The Labute approximate surface area is 195 Å². The van der Waals surface area contributed by atoms with E-state index in [0.717, 1.165) is 9.99 Å². The molecule has 0 radical (unpaired) electrons. The van der Waals surface area contributed by atoms with Crippen LogP contribution >= 0.6 is 22.6 Å². The Hall–Kier alpha value is -2.62. The number of nitrogen functional groups attached to an aromatic ring is 1. The van der Waals surface area contributed by atoms with Crippen molar-refractivity contribution in [3.63, 3.8) is 0 Å². The van der Waals surface area contributed by atoms with Gasteiger partial charge >= 0.3 is 0 Å². The smallest absolute Gasteiger partial charge is 0.257 e. The average molecular weight is 534 g/mol. The maximum absolute atomic E-state index is 13.6. The highest BCUT2D eigenvalue weighted by molar-refractivity contribution is 14.1. The summed E-state index contributed by atoms with van der Waals surface area (Å²) in [7, 11) is 0. The number of hydrogen-bond donors (Lipinski definition) is 3. The second-order valence-corrected chi connectivity index (χ2v) is 9.07. The number of hydrogen-bond acceptors (Lipinski definition) is 4. The Morgan fingerprint density at radius 2 is 1.94 bits per heavy atom. The molecule has 2 aromatic carbocycles. The Balaban J connectivity index is 1.85. The Morgan fingerprint density at radius 3 is 2.58 bits per heavy atom. The fourth-order valence-electron chi connectivity index (χ4n) is 3.79. The number of nitrogens with one attached hydrogen (secondary N) is 2. The van der Waals surface area contributed by atoms with Gasteiger partial charge in [-0.25, -0.2) is 0 Å². The highest BCUT2D eigenvalue weighted by Crippen LogP contribution is 2.24. The maximum Gasteiger partial charge on any atom is 0.257 e. The van der Waals surface area contributed by atoms with E-state index in [2.05, 4.69) is 33.2 Å². The third-order valence-corrected chi connectivity index (χ3v) is 6.04. The first-order chi connectivity index (χ1) is 14.8. The molecule has 3 amide bonds. The van der Waals surface area contributed by atoms with Crippen LogP contribution in [0.3, 0.4) is 0 Å². The number of amides is 3. The van der Waals surface area contributed by atoms with Gasteiger partial charge in [-0.2, -0.15) is 0 Å². The van der Waals surface area contributed by atoms with Gasteiger partial charge in [0.25, 0.3) is 11.8 Å². The second-order valence-electron chi connectivity index (χ2n) is 7.83. The zero-order valence-corrected chi connectivity index (χ0v) is 19.8. The van der Waals surface area contributed by atoms with Crippen molar-refractivity contribution in [3.05, 3.63) is 62.7 Å². The lowest BCUT2D eigenvalue weighted by molar-refractivity contribution is -0.127. The van der Waals surface area contributed by atoms with E-state index in [1.54, 1.807) is 35.2 Å². The molecule has 1 saturated heterocycles. The number of halogens is 1. The van der Waals surface area contributed by atoms with Gasteiger partial charge in [-0.3, -0.25) is 14.4 Å². The number of nitrogens with two attached hydrogens (primary N) is 1. The van der Waals surface area contributed by atoms with E-state index >= 15 is 0 Å². The predicted molar refractivity (Wildman–Crippen MR) is 129 cm³/mol. The SMILES string of the molecule is CC(C)N(C(=O)c1c(N)cccc1CNC(=O)c1ccc(I)cc1)C1CCCNC1=O. The second kappa shape index (κ2) is 10.1. The number of carbonyl (C=O) groups is 3. The normalized spacial score (nSPS) is 16.0. The van der Waals surface area contributed by atoms with Crippen LogP contribution in [0.1, 0.15) is 53.0 Å². The molecule has 0 spiro atoms. The Kier molecular flexibility index (Phi) is 7.53. The first-order valence-electron chi connectivity index (χ1n) is 10.3. The Bertz CT molecular complexity index is 975. The maximum atomic E-state index is 13.6. The summed E-state index contributed by atoms with van der Waals surface area (Å²) in [5.41, 5.74) is 8.01. The molecule has 31 heavy (non-hydrogen) atoms. The molecule has 1 aliphatic rings. The molecule has 0 aromatic heterocycles. The quantitative estimate of drug-likeness (QED) is 0.392. The molecule has 1 atom stereocenters. The van der Waals surface area contributed by atoms with E-state index in [9.17, 15) is 14.4 Å². The molecule has 0 bridgehead atoms. The third kappa shape index (κ3) is 5.36. The summed E-state index contributed by atoms with van der Waals surface area (Å²) >= 11 is 2.18. The summed E-state index contributed by atoms with van der Waals surface area (Å²) in [5.74, 6) is -0.672. The van der Waals surface area contributed by atoms with Gasteiger partial charge in [0.2, 0.25) is 5.91 Å². The lowest BCUT2D eigenvalue weighted by atomic mass is 9.98. The summed E-state index contributed by atoms with van der Waals surface area (Å²) < 4.78 is 1.04. The number of carbonyl (C=O) groups excluding carboxylic acids is 3. The van der Waals surface area contributed by atoms with Gasteiger partial charge in [-0.15, -0.1) is 0 Å². The summed E-state index contributed by atoms with van der Waals surface area (Å²) in [4.78, 5) is 40.2. The van der Waals surface area contributed by atoms with Crippen molar-refractivity contribution >= 4 is 46.0 Å². The van der Waals surface area contributed by atoms with Gasteiger partial charge in [-0.1, -0.05) is 12.1 Å². The van der Waals surface area contributed by atoms with Gasteiger partial charge in [-0.05, 0) is 85.2 Å². The van der Waals surface area contributed by atoms with Crippen LogP contribution in [0.15, 0.2) is 42.5 Å². The molecule has 0 aliphatic carbocycles. The van der Waals surface area contributed by atoms with Crippen LogP contribution in [0.5, 0.6) is 0 Å². The molecular weight excluding hydrogens is 507 g/mol. The zero-order chi connectivity index (χ0) is 22.5. The summed E-state index contributed by atoms with van der Waals surface area (Å²) in [6, 6.07) is 11.7. The van der Waals surface area contributed by atoms with Gasteiger partial charge in [0.05, 0.1) is 5.56 Å². The van der Waals surface area contributed by atoms with Crippen LogP contribution in [0.25, 0.3) is 0 Å². The van der Waals surface area contributed by atoms with Crippen molar-refractivity contribution in [1.82, 2.24) is 15.5 Å². The minimum Gasteiger partial charge on any atom is -0.398 e. The van der Waals surface area contributed by atoms with E-state index in [-0.39, 0.29) is 30.3 Å². The van der Waals surface area contributed by atoms with E-state index in [0.29, 0.717) is 35.3 Å². The van der Waals surface area contributed by atoms with Gasteiger partial charge in [0.1, 0.15) is 6.04 Å². The van der Waals surface area contributed by atoms with Crippen LogP contribution in [-0.4, -0.2) is 41.2 Å². The standard InChI is InChI=1S/C23H27IN4O3/c1-14(2)28(19-7-4-12-26-22(19)30)23(31)20-16(5-3-6-18(20)25)13-27-21(29)15-8-10-17(24)11-9-15/h3,5-6,8-11,14,19H,4,7,12-13,25H2,1-2H3,(H,26,30)(H,27,29). The lowest BCUT2D eigenvalue weighted by Gasteiger charge is -2.37. The van der Waals surface area contributed by atoms with Crippen molar-refractivity contribution in [2.75, 3.05) is 12.3 Å². The van der Waals surface area contributed by atoms with E-state index < -0.39 is 6.04 Å². The van der Waals surface area contributed by atoms with Crippen LogP contribution in [0.4, 0.5) is 5.69 Å². The summed E-state index contributed by atoms with van der Waals surface area (Å²) in [6.07, 6.45) is 1.43.